The molecular formula is C11H13F3N2O2S. The van der Waals surface area contributed by atoms with Crippen LogP contribution in [-0.4, -0.2) is 20.1 Å². The first-order valence-corrected chi connectivity index (χ1v) is 7.22. The molecule has 0 radical (unpaired) electrons. The molecule has 0 unspecified atom stereocenters. The monoisotopic (exact) mass is 294 g/mol. The highest BCUT2D eigenvalue weighted by Gasteiger charge is 2.65. The predicted molar refractivity (Wildman–Crippen MR) is 64.6 cm³/mol. The van der Waals surface area contributed by atoms with Crippen molar-refractivity contribution in [2.75, 3.05) is 5.73 Å². The Morgan fingerprint density at radius 1 is 1.32 bits per heavy atom. The highest BCUT2D eigenvalue weighted by molar-refractivity contribution is 7.88. The van der Waals surface area contributed by atoms with Gasteiger partial charge in [-0.1, -0.05) is 12.1 Å². The molecule has 19 heavy (non-hydrogen) atoms. The summed E-state index contributed by atoms with van der Waals surface area (Å²) in [4.78, 5) is 0. The summed E-state index contributed by atoms with van der Waals surface area (Å²) in [6.45, 7) is 0. The molecule has 0 spiro atoms. The number of alkyl halides is 3. The van der Waals surface area contributed by atoms with Crippen LogP contribution in [0, 0.1) is 0 Å². The van der Waals surface area contributed by atoms with Crippen molar-refractivity contribution in [1.82, 2.24) is 4.72 Å². The second-order valence-corrected chi connectivity index (χ2v) is 6.41. The number of rotatable bonds is 4. The summed E-state index contributed by atoms with van der Waals surface area (Å²) >= 11 is 0. The Morgan fingerprint density at radius 2 is 1.95 bits per heavy atom. The van der Waals surface area contributed by atoms with Crippen molar-refractivity contribution in [2.45, 2.75) is 30.3 Å². The van der Waals surface area contributed by atoms with Gasteiger partial charge in [0.1, 0.15) is 5.54 Å². The number of halogens is 3. The summed E-state index contributed by atoms with van der Waals surface area (Å²) in [7, 11) is -4.06. The number of benzene rings is 1. The fourth-order valence-electron chi connectivity index (χ4n) is 1.80. The lowest BCUT2D eigenvalue weighted by Crippen LogP contribution is -2.48. The number of sulfonamides is 1. The normalized spacial score (nSPS) is 18.3. The van der Waals surface area contributed by atoms with E-state index in [1.807, 2.05) is 0 Å². The van der Waals surface area contributed by atoms with Crippen LogP contribution < -0.4 is 10.5 Å². The Morgan fingerprint density at radius 3 is 2.42 bits per heavy atom. The van der Waals surface area contributed by atoms with Crippen molar-refractivity contribution >= 4 is 15.7 Å². The molecule has 0 aromatic heterocycles. The smallest absolute Gasteiger partial charge is 0.399 e. The van der Waals surface area contributed by atoms with Crippen LogP contribution in [-0.2, 0) is 15.8 Å². The lowest BCUT2D eigenvalue weighted by atomic mass is 10.2. The predicted octanol–water partition coefficient (Wildman–Crippen LogP) is 1.78. The fourth-order valence-corrected chi connectivity index (χ4v) is 3.41. The summed E-state index contributed by atoms with van der Waals surface area (Å²) in [6, 6.07) is 6.05. The highest BCUT2D eigenvalue weighted by atomic mass is 32.2. The molecule has 0 amide bonds. The minimum atomic E-state index is -4.56. The molecule has 0 bridgehead atoms. The van der Waals surface area contributed by atoms with E-state index >= 15 is 0 Å². The van der Waals surface area contributed by atoms with E-state index in [-0.39, 0.29) is 12.8 Å². The largest absolute Gasteiger partial charge is 0.407 e. The lowest BCUT2D eigenvalue weighted by molar-refractivity contribution is -0.160. The van der Waals surface area contributed by atoms with Crippen molar-refractivity contribution in [3.8, 4) is 0 Å². The second-order valence-electron chi connectivity index (χ2n) is 4.69. The maximum atomic E-state index is 12.7. The van der Waals surface area contributed by atoms with Crippen molar-refractivity contribution in [3.05, 3.63) is 29.8 Å². The van der Waals surface area contributed by atoms with Crippen molar-refractivity contribution in [1.29, 1.82) is 0 Å². The quantitative estimate of drug-likeness (QED) is 0.831. The second kappa shape index (κ2) is 4.38. The standard InChI is InChI=1S/C11H13F3N2O2S/c12-11(13,14)10(4-5-10)16-19(17,18)7-8-2-1-3-9(15)6-8/h1-3,6,16H,4-5,7,15H2. The van der Waals surface area contributed by atoms with Crippen LogP contribution in [0.4, 0.5) is 18.9 Å². The van der Waals surface area contributed by atoms with E-state index in [9.17, 15) is 21.6 Å². The summed E-state index contributed by atoms with van der Waals surface area (Å²) in [6.07, 6.45) is -4.99. The first-order chi connectivity index (χ1) is 8.64. The third-order valence-electron chi connectivity index (χ3n) is 2.95. The first kappa shape index (κ1) is 14.1. The Hall–Kier alpha value is -1.28. The maximum Gasteiger partial charge on any atom is 0.407 e. The van der Waals surface area contributed by atoms with Gasteiger partial charge in [0.15, 0.2) is 0 Å². The van der Waals surface area contributed by atoms with Crippen LogP contribution in [0.25, 0.3) is 0 Å². The van der Waals surface area contributed by atoms with Gasteiger partial charge in [0.05, 0.1) is 5.75 Å². The molecule has 8 heteroatoms. The SMILES string of the molecule is Nc1cccc(CS(=O)(=O)NC2(C(F)(F)F)CC2)c1. The van der Waals surface area contributed by atoms with Gasteiger partial charge < -0.3 is 5.73 Å². The molecular weight excluding hydrogens is 281 g/mol. The number of anilines is 1. The van der Waals surface area contributed by atoms with Crippen LogP contribution in [0.15, 0.2) is 24.3 Å². The van der Waals surface area contributed by atoms with Gasteiger partial charge in [0, 0.05) is 5.69 Å². The highest BCUT2D eigenvalue weighted by Crippen LogP contribution is 2.49. The minimum absolute atomic E-state index is 0.216. The molecule has 0 heterocycles. The van der Waals surface area contributed by atoms with Crippen molar-refractivity contribution < 1.29 is 21.6 Å². The molecule has 1 aliphatic carbocycles. The average Bonchev–Trinajstić information content (AvgIpc) is 2.95. The van der Waals surface area contributed by atoms with Crippen LogP contribution in [0.3, 0.4) is 0 Å². The third-order valence-corrected chi connectivity index (χ3v) is 4.37. The van der Waals surface area contributed by atoms with Gasteiger partial charge in [0.25, 0.3) is 0 Å². The van der Waals surface area contributed by atoms with Crippen molar-refractivity contribution in [3.63, 3.8) is 0 Å². The van der Waals surface area contributed by atoms with Gasteiger partial charge in [-0.05, 0) is 30.5 Å². The zero-order chi connectivity index (χ0) is 14.3. The van der Waals surface area contributed by atoms with E-state index in [0.29, 0.717) is 11.3 Å². The number of hydrogen-bond acceptors (Lipinski definition) is 3. The van der Waals surface area contributed by atoms with Crippen LogP contribution in [0.1, 0.15) is 18.4 Å². The van der Waals surface area contributed by atoms with Gasteiger partial charge in [0.2, 0.25) is 10.0 Å². The number of nitrogen functional groups attached to an aromatic ring is 1. The van der Waals surface area contributed by atoms with Gasteiger partial charge in [-0.15, -0.1) is 0 Å². The van der Waals surface area contributed by atoms with E-state index in [2.05, 4.69) is 0 Å². The molecule has 1 aliphatic rings. The zero-order valence-electron chi connectivity index (χ0n) is 9.87. The Bertz CT molecular complexity index is 580. The van der Waals surface area contributed by atoms with Gasteiger partial charge in [-0.25, -0.2) is 8.42 Å². The summed E-state index contributed by atoms with van der Waals surface area (Å²) < 4.78 is 63.3. The molecule has 3 N–H and O–H groups in total. The topological polar surface area (TPSA) is 72.2 Å². The van der Waals surface area contributed by atoms with E-state index in [1.165, 1.54) is 12.1 Å². The Balaban J connectivity index is 2.12. The van der Waals surface area contributed by atoms with Crippen molar-refractivity contribution in [2.24, 2.45) is 0 Å². The molecule has 0 saturated heterocycles. The lowest BCUT2D eigenvalue weighted by Gasteiger charge is -2.20. The third kappa shape index (κ3) is 3.19. The molecule has 0 atom stereocenters. The summed E-state index contributed by atoms with van der Waals surface area (Å²) in [5.74, 6) is -0.518. The van der Waals surface area contributed by atoms with Crippen LogP contribution in [0.2, 0.25) is 0 Å². The van der Waals surface area contributed by atoms with Crippen LogP contribution in [0.5, 0.6) is 0 Å². The number of nitrogens with two attached hydrogens (primary N) is 1. The first-order valence-electron chi connectivity index (χ1n) is 5.56. The summed E-state index contributed by atoms with van der Waals surface area (Å²) in [5.41, 5.74) is 3.94. The molecule has 4 nitrogen and oxygen atoms in total. The van der Waals surface area contributed by atoms with Gasteiger partial charge in [-0.2, -0.15) is 17.9 Å². The number of hydrogen-bond donors (Lipinski definition) is 2. The van der Waals surface area contributed by atoms with E-state index in [4.69, 9.17) is 5.73 Å². The van der Waals surface area contributed by atoms with E-state index in [0.717, 1.165) is 0 Å². The number of nitrogens with one attached hydrogen (secondary N) is 1. The Kier molecular flexibility index (Phi) is 3.26. The van der Waals surface area contributed by atoms with Gasteiger partial charge >= 0.3 is 6.18 Å². The fraction of sp³-hybridized carbons (Fsp3) is 0.455. The summed E-state index contributed by atoms with van der Waals surface area (Å²) in [5, 5.41) is 0. The molecule has 1 saturated carbocycles. The van der Waals surface area contributed by atoms with Gasteiger partial charge in [-0.3, -0.25) is 0 Å². The van der Waals surface area contributed by atoms with E-state index < -0.39 is 27.5 Å². The Labute approximate surface area is 108 Å². The average molecular weight is 294 g/mol. The molecule has 2 rings (SSSR count). The molecule has 0 aliphatic heterocycles. The zero-order valence-corrected chi connectivity index (χ0v) is 10.7. The van der Waals surface area contributed by atoms with Crippen LogP contribution >= 0.6 is 0 Å². The molecule has 106 valence electrons. The molecule has 1 aromatic carbocycles. The molecule has 1 aromatic rings. The van der Waals surface area contributed by atoms with E-state index in [1.54, 1.807) is 16.9 Å². The molecule has 1 fully saturated rings. The minimum Gasteiger partial charge on any atom is -0.399 e. The maximum absolute atomic E-state index is 12.7.